The number of rotatable bonds is 7. The van der Waals surface area contributed by atoms with Crippen LogP contribution in [0.1, 0.15) is 11.1 Å². The number of amides is 1. The molecule has 0 bridgehead atoms. The van der Waals surface area contributed by atoms with Crippen molar-refractivity contribution in [3.05, 3.63) is 82.9 Å². The highest BCUT2D eigenvalue weighted by Gasteiger charge is 2.29. The minimum atomic E-state index is -4.07. The van der Waals surface area contributed by atoms with Crippen molar-refractivity contribution in [1.29, 1.82) is 0 Å². The number of nitrogens with one attached hydrogen (secondary N) is 1. The smallest absolute Gasteiger partial charge is 0.264 e. The number of aryl methyl sites for hydroxylation is 2. The molecule has 0 unspecified atom stereocenters. The molecule has 0 aliphatic heterocycles. The molecule has 31 heavy (non-hydrogen) atoms. The Kier molecular flexibility index (Phi) is 6.87. The number of hydrogen-bond donors (Lipinski definition) is 1. The van der Waals surface area contributed by atoms with E-state index in [1.807, 2.05) is 32.0 Å². The molecule has 0 saturated carbocycles. The molecule has 0 fully saturated rings. The van der Waals surface area contributed by atoms with Crippen molar-refractivity contribution in [2.24, 2.45) is 0 Å². The maximum absolute atomic E-state index is 13.5. The second-order valence-electron chi connectivity index (χ2n) is 7.07. The lowest BCUT2D eigenvalue weighted by Gasteiger charge is -2.26. The van der Waals surface area contributed by atoms with Crippen LogP contribution in [0.25, 0.3) is 0 Å². The summed E-state index contributed by atoms with van der Waals surface area (Å²) in [5, 5.41) is 3.10. The molecule has 0 aliphatic rings. The van der Waals surface area contributed by atoms with Crippen LogP contribution in [-0.4, -0.2) is 28.0 Å². The van der Waals surface area contributed by atoms with Crippen molar-refractivity contribution >= 4 is 38.9 Å². The summed E-state index contributed by atoms with van der Waals surface area (Å²) in [4.78, 5) is 12.9. The molecular weight excluding hydrogens is 436 g/mol. The van der Waals surface area contributed by atoms with Gasteiger partial charge in [0.1, 0.15) is 12.3 Å². The SMILES string of the molecule is COc1ccc(Cl)cc1N(CC(=O)Nc1cc(C)cc(C)c1)S(=O)(=O)c1ccccc1. The van der Waals surface area contributed by atoms with Crippen LogP contribution in [0.15, 0.2) is 71.6 Å². The van der Waals surface area contributed by atoms with Crippen molar-refractivity contribution in [2.45, 2.75) is 18.7 Å². The van der Waals surface area contributed by atoms with E-state index in [-0.39, 0.29) is 16.3 Å². The van der Waals surface area contributed by atoms with Crippen LogP contribution in [0.3, 0.4) is 0 Å². The molecule has 0 saturated heterocycles. The van der Waals surface area contributed by atoms with E-state index in [9.17, 15) is 13.2 Å². The van der Waals surface area contributed by atoms with Crippen LogP contribution in [0.2, 0.25) is 5.02 Å². The predicted molar refractivity (Wildman–Crippen MR) is 124 cm³/mol. The maximum Gasteiger partial charge on any atom is 0.264 e. The Morgan fingerprint density at radius 1 is 1.00 bits per heavy atom. The van der Waals surface area contributed by atoms with Crippen molar-refractivity contribution in [3.8, 4) is 5.75 Å². The molecule has 8 heteroatoms. The zero-order chi connectivity index (χ0) is 22.6. The molecule has 162 valence electrons. The second kappa shape index (κ2) is 9.41. The Balaban J connectivity index is 2.02. The van der Waals surface area contributed by atoms with Gasteiger partial charge in [-0.3, -0.25) is 9.10 Å². The number of methoxy groups -OCH3 is 1. The van der Waals surface area contributed by atoms with Gasteiger partial charge in [0.25, 0.3) is 10.0 Å². The van der Waals surface area contributed by atoms with Gasteiger partial charge in [0.2, 0.25) is 5.91 Å². The molecule has 0 aromatic heterocycles. The van der Waals surface area contributed by atoms with Crippen molar-refractivity contribution in [3.63, 3.8) is 0 Å². The zero-order valence-corrected chi connectivity index (χ0v) is 19.0. The van der Waals surface area contributed by atoms with Crippen LogP contribution in [0.4, 0.5) is 11.4 Å². The third kappa shape index (κ3) is 5.37. The topological polar surface area (TPSA) is 75.7 Å². The fourth-order valence-electron chi connectivity index (χ4n) is 3.26. The highest BCUT2D eigenvalue weighted by Crippen LogP contribution is 2.34. The molecule has 0 heterocycles. The third-order valence-corrected chi connectivity index (χ3v) is 6.54. The average molecular weight is 459 g/mol. The van der Waals surface area contributed by atoms with E-state index in [4.69, 9.17) is 16.3 Å². The molecule has 0 spiro atoms. The highest BCUT2D eigenvalue weighted by atomic mass is 35.5. The zero-order valence-electron chi connectivity index (χ0n) is 17.4. The lowest BCUT2D eigenvalue weighted by atomic mass is 10.1. The van der Waals surface area contributed by atoms with Crippen LogP contribution < -0.4 is 14.4 Å². The molecule has 0 radical (unpaired) electrons. The summed E-state index contributed by atoms with van der Waals surface area (Å²) >= 11 is 6.14. The molecule has 1 N–H and O–H groups in total. The number of nitrogens with zero attached hydrogens (tertiary/aromatic N) is 1. The Morgan fingerprint density at radius 2 is 1.65 bits per heavy atom. The number of hydrogen-bond acceptors (Lipinski definition) is 4. The number of halogens is 1. The molecule has 6 nitrogen and oxygen atoms in total. The first kappa shape index (κ1) is 22.7. The third-order valence-electron chi connectivity index (χ3n) is 4.53. The summed E-state index contributed by atoms with van der Waals surface area (Å²) < 4.78 is 33.3. The van der Waals surface area contributed by atoms with E-state index >= 15 is 0 Å². The fourth-order valence-corrected chi connectivity index (χ4v) is 4.87. The molecule has 1 amide bonds. The van der Waals surface area contributed by atoms with Gasteiger partial charge in [-0.2, -0.15) is 0 Å². The van der Waals surface area contributed by atoms with Gasteiger partial charge in [-0.05, 0) is 67.4 Å². The first-order valence-corrected chi connectivity index (χ1v) is 11.3. The molecule has 3 rings (SSSR count). The summed E-state index contributed by atoms with van der Waals surface area (Å²) in [6, 6.07) is 18.1. The van der Waals surface area contributed by atoms with E-state index in [2.05, 4.69) is 5.32 Å². The number of ether oxygens (including phenoxy) is 1. The Hall–Kier alpha value is -3.03. The molecule has 0 atom stereocenters. The summed E-state index contributed by atoms with van der Waals surface area (Å²) in [7, 11) is -2.65. The Bertz CT molecular complexity index is 1180. The van der Waals surface area contributed by atoms with Gasteiger partial charge in [-0.15, -0.1) is 0 Å². The molecule has 3 aromatic rings. The minimum Gasteiger partial charge on any atom is -0.495 e. The van der Waals surface area contributed by atoms with Crippen LogP contribution >= 0.6 is 11.6 Å². The highest BCUT2D eigenvalue weighted by molar-refractivity contribution is 7.92. The number of benzene rings is 3. The van der Waals surface area contributed by atoms with Gasteiger partial charge in [0.05, 0.1) is 17.7 Å². The van der Waals surface area contributed by atoms with Crippen LogP contribution in [0, 0.1) is 13.8 Å². The molecule has 0 aliphatic carbocycles. The van der Waals surface area contributed by atoms with Gasteiger partial charge >= 0.3 is 0 Å². The van der Waals surface area contributed by atoms with E-state index in [1.54, 1.807) is 30.3 Å². The predicted octanol–water partition coefficient (Wildman–Crippen LogP) is 4.80. The number of carbonyl (C=O) groups excluding carboxylic acids is 1. The van der Waals surface area contributed by atoms with Crippen LogP contribution in [0.5, 0.6) is 5.75 Å². The number of sulfonamides is 1. The van der Waals surface area contributed by atoms with E-state index in [1.165, 1.54) is 25.3 Å². The summed E-state index contributed by atoms with van der Waals surface area (Å²) in [6.07, 6.45) is 0. The standard InChI is InChI=1S/C23H23ClN2O4S/c1-16-11-17(2)13-19(12-16)25-23(27)15-26(21-14-18(24)9-10-22(21)30-3)31(28,29)20-7-5-4-6-8-20/h4-14H,15H2,1-3H3,(H,25,27). The summed E-state index contributed by atoms with van der Waals surface area (Å²) in [6.45, 7) is 3.39. The largest absolute Gasteiger partial charge is 0.495 e. The minimum absolute atomic E-state index is 0.0521. The Morgan fingerprint density at radius 3 is 2.26 bits per heavy atom. The second-order valence-corrected chi connectivity index (χ2v) is 9.36. The number of carbonyl (C=O) groups is 1. The van der Waals surface area contributed by atoms with Gasteiger partial charge < -0.3 is 10.1 Å². The quantitative estimate of drug-likeness (QED) is 0.551. The fraction of sp³-hybridized carbons (Fsp3) is 0.174. The van der Waals surface area contributed by atoms with Gasteiger partial charge in [0.15, 0.2) is 0 Å². The first-order valence-electron chi connectivity index (χ1n) is 9.50. The van der Waals surface area contributed by atoms with E-state index in [0.29, 0.717) is 10.7 Å². The normalized spacial score (nSPS) is 11.1. The lowest BCUT2D eigenvalue weighted by Crippen LogP contribution is -2.38. The van der Waals surface area contributed by atoms with E-state index in [0.717, 1.165) is 15.4 Å². The maximum atomic E-state index is 13.5. The summed E-state index contributed by atoms with van der Waals surface area (Å²) in [5.41, 5.74) is 2.74. The van der Waals surface area contributed by atoms with Gasteiger partial charge in [0, 0.05) is 10.7 Å². The van der Waals surface area contributed by atoms with Gasteiger partial charge in [-0.25, -0.2) is 8.42 Å². The number of anilines is 2. The Labute approximate surface area is 187 Å². The average Bonchev–Trinajstić information content (AvgIpc) is 2.71. The van der Waals surface area contributed by atoms with E-state index < -0.39 is 22.5 Å². The lowest BCUT2D eigenvalue weighted by molar-refractivity contribution is -0.114. The van der Waals surface area contributed by atoms with Crippen molar-refractivity contribution in [1.82, 2.24) is 0 Å². The van der Waals surface area contributed by atoms with Crippen molar-refractivity contribution in [2.75, 3.05) is 23.3 Å². The molecular formula is C23H23ClN2O4S. The molecule has 3 aromatic carbocycles. The van der Waals surface area contributed by atoms with Crippen molar-refractivity contribution < 1.29 is 17.9 Å². The first-order chi connectivity index (χ1) is 14.7. The summed E-state index contributed by atoms with van der Waals surface area (Å²) in [5.74, 6) is -0.213. The monoisotopic (exact) mass is 458 g/mol. The van der Waals surface area contributed by atoms with Crippen LogP contribution in [-0.2, 0) is 14.8 Å². The van der Waals surface area contributed by atoms with Gasteiger partial charge in [-0.1, -0.05) is 35.9 Å².